The number of rotatable bonds is 7. The number of aromatic nitrogens is 1. The zero-order chi connectivity index (χ0) is 14.4. The van der Waals surface area contributed by atoms with Gasteiger partial charge in [-0.25, -0.2) is 0 Å². The average molecular weight is 391 g/mol. The summed E-state index contributed by atoms with van der Waals surface area (Å²) in [6, 6.07) is 8.27. The maximum absolute atomic E-state index is 11.7. The lowest BCUT2D eigenvalue weighted by molar-refractivity contribution is -0.676. The Morgan fingerprint density at radius 3 is 2.81 bits per heavy atom. The first-order chi connectivity index (χ1) is 9.72. The number of para-hydroxylation sites is 1. The van der Waals surface area contributed by atoms with Gasteiger partial charge in [0.05, 0.1) is 6.61 Å². The van der Waals surface area contributed by atoms with Crippen LogP contribution >= 0.6 is 40.1 Å². The molecule has 0 unspecified atom stereocenters. The second-order valence-electron chi connectivity index (χ2n) is 4.61. The van der Waals surface area contributed by atoms with Gasteiger partial charge in [0.25, 0.3) is 4.34 Å². The smallest absolute Gasteiger partial charge is 0.316 e. The Morgan fingerprint density at radius 2 is 2.10 bits per heavy atom. The number of carbonyl (C=O) groups excluding carboxylic acids is 1. The molecule has 0 spiro atoms. The standard InChI is InChI=1S/C15H20NO2S2.BrH/c1-3-4-7-10-18-14(17)11-19-15-16(2)12-8-5-6-9-13(12)20-15;/h5-6,8-9H,3-4,7,10-11H2,1-2H3;1H/q+1;. The SMILES string of the molecule is Br.CCCCCOC(=O)CSc1sc2ccccc2[n+]1C. The largest absolute Gasteiger partial charge is 0.465 e. The van der Waals surface area contributed by atoms with Crippen LogP contribution in [0.15, 0.2) is 28.6 Å². The van der Waals surface area contributed by atoms with Gasteiger partial charge in [-0.05, 0) is 24.2 Å². The number of benzene rings is 1. The Labute approximate surface area is 144 Å². The molecule has 1 heterocycles. The second-order valence-corrected chi connectivity index (χ2v) is 6.86. The molecule has 0 fully saturated rings. The van der Waals surface area contributed by atoms with Gasteiger partial charge in [0.15, 0.2) is 0 Å². The molecule has 0 amide bonds. The van der Waals surface area contributed by atoms with Gasteiger partial charge < -0.3 is 4.74 Å². The Morgan fingerprint density at radius 1 is 1.33 bits per heavy atom. The summed E-state index contributed by atoms with van der Waals surface area (Å²) in [6.07, 6.45) is 3.22. The quantitative estimate of drug-likeness (QED) is 0.308. The molecule has 3 nitrogen and oxygen atoms in total. The zero-order valence-electron chi connectivity index (χ0n) is 12.3. The lowest BCUT2D eigenvalue weighted by Crippen LogP contribution is -2.28. The van der Waals surface area contributed by atoms with Crippen molar-refractivity contribution >= 4 is 56.3 Å². The van der Waals surface area contributed by atoms with Gasteiger partial charge >= 0.3 is 5.97 Å². The number of carbonyl (C=O) groups is 1. The minimum absolute atomic E-state index is 0. The molecule has 0 aliphatic rings. The van der Waals surface area contributed by atoms with E-state index in [-0.39, 0.29) is 23.0 Å². The molecule has 21 heavy (non-hydrogen) atoms. The van der Waals surface area contributed by atoms with E-state index in [0.29, 0.717) is 12.4 Å². The molecule has 116 valence electrons. The summed E-state index contributed by atoms with van der Waals surface area (Å²) in [5, 5.41) is 0. The molecule has 1 aromatic carbocycles. The molecule has 1 aromatic heterocycles. The van der Waals surface area contributed by atoms with Crippen molar-refractivity contribution in [3.8, 4) is 0 Å². The molecule has 0 aliphatic heterocycles. The van der Waals surface area contributed by atoms with Crippen molar-refractivity contribution in [2.24, 2.45) is 7.05 Å². The summed E-state index contributed by atoms with van der Waals surface area (Å²) < 4.78 is 9.73. The van der Waals surface area contributed by atoms with Gasteiger partial charge in [0, 0.05) is 6.07 Å². The van der Waals surface area contributed by atoms with Crippen LogP contribution in [0.1, 0.15) is 26.2 Å². The van der Waals surface area contributed by atoms with Crippen LogP contribution in [-0.4, -0.2) is 18.3 Å². The fraction of sp³-hybridized carbons (Fsp3) is 0.467. The third-order valence-electron chi connectivity index (χ3n) is 3.02. The number of hydrogen-bond donors (Lipinski definition) is 0. The number of ether oxygens (including phenoxy) is 1. The van der Waals surface area contributed by atoms with E-state index in [4.69, 9.17) is 4.74 Å². The van der Waals surface area contributed by atoms with Gasteiger partial charge in [-0.1, -0.05) is 43.2 Å². The van der Waals surface area contributed by atoms with Gasteiger partial charge in [0.1, 0.15) is 17.5 Å². The monoisotopic (exact) mass is 390 g/mol. The lowest BCUT2D eigenvalue weighted by atomic mass is 10.3. The van der Waals surface area contributed by atoms with E-state index in [1.807, 2.05) is 19.2 Å². The summed E-state index contributed by atoms with van der Waals surface area (Å²) in [5.41, 5.74) is 1.20. The van der Waals surface area contributed by atoms with E-state index in [2.05, 4.69) is 23.6 Å². The van der Waals surface area contributed by atoms with E-state index >= 15 is 0 Å². The maximum atomic E-state index is 11.7. The third kappa shape index (κ3) is 5.27. The number of fused-ring (bicyclic) bond motifs is 1. The Bertz CT molecular complexity index is 586. The minimum atomic E-state index is -0.122. The fourth-order valence-corrected chi connectivity index (χ4v) is 4.09. The van der Waals surface area contributed by atoms with Gasteiger partial charge in [-0.3, -0.25) is 4.79 Å². The van der Waals surface area contributed by atoms with Crippen molar-refractivity contribution in [2.45, 2.75) is 30.5 Å². The van der Waals surface area contributed by atoms with E-state index in [0.717, 1.165) is 23.6 Å². The fourth-order valence-electron chi connectivity index (χ4n) is 1.91. The summed E-state index contributed by atoms with van der Waals surface area (Å²) in [4.78, 5) is 11.7. The number of thiazole rings is 1. The molecule has 0 saturated heterocycles. The molecule has 0 N–H and O–H groups in total. The van der Waals surface area contributed by atoms with Crippen molar-refractivity contribution in [1.82, 2.24) is 0 Å². The topological polar surface area (TPSA) is 30.2 Å². The number of nitrogens with zero attached hydrogens (tertiary/aromatic N) is 1. The van der Waals surface area contributed by atoms with Crippen LogP contribution < -0.4 is 4.57 Å². The normalized spacial score (nSPS) is 10.4. The van der Waals surface area contributed by atoms with Crippen molar-refractivity contribution < 1.29 is 14.1 Å². The number of aryl methyl sites for hydroxylation is 1. The molecule has 0 saturated carbocycles. The average Bonchev–Trinajstić information content (AvgIpc) is 2.78. The first-order valence-corrected chi connectivity index (χ1v) is 8.68. The molecule has 0 bridgehead atoms. The van der Waals surface area contributed by atoms with Crippen LogP contribution in [-0.2, 0) is 16.6 Å². The molecule has 2 aromatic rings. The predicted molar refractivity (Wildman–Crippen MR) is 94.5 cm³/mol. The van der Waals surface area contributed by atoms with E-state index in [1.54, 1.807) is 23.1 Å². The van der Waals surface area contributed by atoms with E-state index in [1.165, 1.54) is 10.2 Å². The first-order valence-electron chi connectivity index (χ1n) is 6.88. The van der Waals surface area contributed by atoms with Gasteiger partial charge in [-0.15, -0.1) is 17.0 Å². The van der Waals surface area contributed by atoms with Crippen molar-refractivity contribution in [3.05, 3.63) is 24.3 Å². The number of unbranched alkanes of at least 4 members (excludes halogenated alkanes) is 2. The summed E-state index contributed by atoms with van der Waals surface area (Å²) >= 11 is 3.27. The Balaban J connectivity index is 0.00000220. The van der Waals surface area contributed by atoms with E-state index in [9.17, 15) is 4.79 Å². The van der Waals surface area contributed by atoms with Crippen LogP contribution in [0.5, 0.6) is 0 Å². The Hall–Kier alpha value is -0.590. The maximum Gasteiger partial charge on any atom is 0.316 e. The van der Waals surface area contributed by atoms with Crippen molar-refractivity contribution in [3.63, 3.8) is 0 Å². The predicted octanol–water partition coefficient (Wildman–Crippen LogP) is 4.13. The molecule has 2 rings (SSSR count). The highest BCUT2D eigenvalue weighted by Crippen LogP contribution is 2.27. The summed E-state index contributed by atoms with van der Waals surface area (Å²) in [7, 11) is 2.04. The molecule has 0 atom stereocenters. The number of esters is 1. The number of thioether (sulfide) groups is 1. The highest BCUT2D eigenvalue weighted by molar-refractivity contribution is 8.93. The van der Waals surface area contributed by atoms with Crippen LogP contribution in [0.25, 0.3) is 10.2 Å². The zero-order valence-corrected chi connectivity index (χ0v) is 15.7. The van der Waals surface area contributed by atoms with Crippen LogP contribution in [0, 0.1) is 0 Å². The highest BCUT2D eigenvalue weighted by atomic mass is 79.9. The van der Waals surface area contributed by atoms with Crippen molar-refractivity contribution in [1.29, 1.82) is 0 Å². The van der Waals surface area contributed by atoms with Crippen LogP contribution in [0.2, 0.25) is 0 Å². The first kappa shape index (κ1) is 18.5. The Kier molecular flexibility index (Phi) is 8.29. The second kappa shape index (κ2) is 9.43. The van der Waals surface area contributed by atoms with Crippen molar-refractivity contribution in [2.75, 3.05) is 12.4 Å². The molecule has 6 heteroatoms. The number of halogens is 1. The molecule has 0 aliphatic carbocycles. The van der Waals surface area contributed by atoms with Crippen LogP contribution in [0.4, 0.5) is 0 Å². The van der Waals surface area contributed by atoms with Crippen LogP contribution in [0.3, 0.4) is 0 Å². The third-order valence-corrected chi connectivity index (χ3v) is 5.54. The lowest BCUT2D eigenvalue weighted by Gasteiger charge is -2.02. The molecule has 0 radical (unpaired) electrons. The minimum Gasteiger partial charge on any atom is -0.465 e. The summed E-state index contributed by atoms with van der Waals surface area (Å²) in [5.74, 6) is 0.260. The number of hydrogen-bond acceptors (Lipinski definition) is 4. The molecular weight excluding hydrogens is 370 g/mol. The van der Waals surface area contributed by atoms with E-state index < -0.39 is 0 Å². The van der Waals surface area contributed by atoms with Gasteiger partial charge in [0.2, 0.25) is 5.52 Å². The molecular formula is C15H21BrNO2S2+. The summed E-state index contributed by atoms with van der Waals surface area (Å²) in [6.45, 7) is 2.69. The van der Waals surface area contributed by atoms with Gasteiger partial charge in [-0.2, -0.15) is 4.57 Å². The highest BCUT2D eigenvalue weighted by Gasteiger charge is 2.18.